The molecule has 0 spiro atoms. The number of amides is 1. The Morgan fingerprint density at radius 1 is 1.53 bits per heavy atom. The standard InChI is InChI=1S/C11H14INO2/c1-3-5-10-15-11(14)13(8-4-2)9-6-7-12/h3,5,9-10H2,1-2H3. The molecule has 3 nitrogen and oxygen atoms in total. The predicted molar refractivity (Wildman–Crippen MR) is 68.2 cm³/mol. The zero-order chi connectivity index (χ0) is 11.5. The fourth-order valence-corrected chi connectivity index (χ4v) is 0.946. The van der Waals surface area contributed by atoms with Crippen molar-refractivity contribution >= 4 is 28.7 Å². The minimum Gasteiger partial charge on any atom is -0.449 e. The Balaban J connectivity index is 4.12. The maximum atomic E-state index is 11.4. The Hall–Kier alpha value is -0.880. The van der Waals surface area contributed by atoms with Crippen molar-refractivity contribution in [1.29, 1.82) is 0 Å². The van der Waals surface area contributed by atoms with Gasteiger partial charge in [0.05, 0.1) is 13.2 Å². The highest BCUT2D eigenvalue weighted by Gasteiger charge is 2.10. The van der Waals surface area contributed by atoms with E-state index in [2.05, 4.69) is 21.8 Å². The molecule has 0 rings (SSSR count). The third-order valence-electron chi connectivity index (χ3n) is 1.49. The van der Waals surface area contributed by atoms with Crippen LogP contribution >= 0.6 is 22.6 Å². The average molecular weight is 319 g/mol. The van der Waals surface area contributed by atoms with Crippen LogP contribution in [0.2, 0.25) is 0 Å². The van der Waals surface area contributed by atoms with E-state index in [-0.39, 0.29) is 6.54 Å². The number of carbonyl (C=O) groups excluding carboxylic acids is 1. The number of unbranched alkanes of at least 4 members (excludes halogenated alkanes) is 1. The van der Waals surface area contributed by atoms with E-state index in [1.54, 1.807) is 6.92 Å². The van der Waals surface area contributed by atoms with Crippen molar-refractivity contribution in [3.8, 4) is 21.8 Å². The number of carbonyl (C=O) groups is 1. The van der Waals surface area contributed by atoms with E-state index < -0.39 is 6.09 Å². The van der Waals surface area contributed by atoms with Crippen LogP contribution in [0.4, 0.5) is 4.79 Å². The molecular weight excluding hydrogens is 305 g/mol. The lowest BCUT2D eigenvalue weighted by atomic mass is 10.4. The van der Waals surface area contributed by atoms with Gasteiger partial charge >= 0.3 is 6.09 Å². The van der Waals surface area contributed by atoms with Gasteiger partial charge in [-0.2, -0.15) is 0 Å². The molecule has 0 aromatic rings. The second kappa shape index (κ2) is 9.67. The van der Waals surface area contributed by atoms with E-state index in [1.807, 2.05) is 29.5 Å². The highest BCUT2D eigenvalue weighted by molar-refractivity contribution is 14.1. The molecule has 0 aliphatic rings. The van der Waals surface area contributed by atoms with Crippen LogP contribution in [0.3, 0.4) is 0 Å². The molecule has 0 N–H and O–H groups in total. The molecule has 4 heteroatoms. The monoisotopic (exact) mass is 319 g/mol. The van der Waals surface area contributed by atoms with Crippen LogP contribution in [0.15, 0.2) is 0 Å². The molecule has 0 aliphatic heterocycles. The van der Waals surface area contributed by atoms with Gasteiger partial charge in [-0.05, 0) is 17.3 Å². The molecule has 0 radical (unpaired) electrons. The molecule has 0 unspecified atom stereocenters. The normalized spacial score (nSPS) is 7.93. The van der Waals surface area contributed by atoms with Crippen LogP contribution < -0.4 is 0 Å². The second-order valence-electron chi connectivity index (χ2n) is 2.69. The van der Waals surface area contributed by atoms with Gasteiger partial charge in [0.25, 0.3) is 0 Å². The van der Waals surface area contributed by atoms with E-state index in [0.29, 0.717) is 6.61 Å². The van der Waals surface area contributed by atoms with Gasteiger partial charge in [0.1, 0.15) is 0 Å². The third kappa shape index (κ3) is 7.10. The Morgan fingerprint density at radius 2 is 2.27 bits per heavy atom. The lowest BCUT2D eigenvalue weighted by molar-refractivity contribution is 0.121. The molecule has 0 saturated heterocycles. The van der Waals surface area contributed by atoms with Crippen LogP contribution in [0.25, 0.3) is 0 Å². The van der Waals surface area contributed by atoms with Crippen molar-refractivity contribution in [2.75, 3.05) is 13.2 Å². The fourth-order valence-electron chi connectivity index (χ4n) is 0.775. The average Bonchev–Trinajstić information content (AvgIpc) is 2.24. The highest BCUT2D eigenvalue weighted by Crippen LogP contribution is 1.95. The first-order chi connectivity index (χ1) is 7.26. The van der Waals surface area contributed by atoms with Gasteiger partial charge in [0.15, 0.2) is 0 Å². The molecule has 0 saturated carbocycles. The maximum Gasteiger partial charge on any atom is 0.422 e. The molecule has 0 aliphatic carbocycles. The van der Waals surface area contributed by atoms with Crippen LogP contribution in [-0.2, 0) is 4.74 Å². The lowest BCUT2D eigenvalue weighted by Crippen LogP contribution is -2.27. The Labute approximate surface area is 105 Å². The van der Waals surface area contributed by atoms with E-state index in [1.165, 1.54) is 4.90 Å². The van der Waals surface area contributed by atoms with Crippen molar-refractivity contribution in [3.63, 3.8) is 0 Å². The summed E-state index contributed by atoms with van der Waals surface area (Å²) in [7, 11) is 0. The minimum atomic E-state index is -0.419. The van der Waals surface area contributed by atoms with Gasteiger partial charge in [0, 0.05) is 28.6 Å². The van der Waals surface area contributed by atoms with Crippen molar-refractivity contribution in [3.05, 3.63) is 0 Å². The Bertz CT molecular complexity index is 306. The summed E-state index contributed by atoms with van der Waals surface area (Å²) in [5.41, 5.74) is 0. The molecule has 0 atom stereocenters. The van der Waals surface area contributed by atoms with E-state index in [4.69, 9.17) is 4.74 Å². The molecule has 0 heterocycles. The molecule has 15 heavy (non-hydrogen) atoms. The first-order valence-electron chi connectivity index (χ1n) is 4.71. The van der Waals surface area contributed by atoms with Gasteiger partial charge in [-0.3, -0.25) is 0 Å². The molecule has 0 aromatic carbocycles. The summed E-state index contributed by atoms with van der Waals surface area (Å²) in [6.07, 6.45) is 1.45. The third-order valence-corrected chi connectivity index (χ3v) is 1.88. The minimum absolute atomic E-state index is 0.286. The fraction of sp³-hybridized carbons (Fsp3) is 0.545. The van der Waals surface area contributed by atoms with Gasteiger partial charge in [-0.1, -0.05) is 25.2 Å². The van der Waals surface area contributed by atoms with Gasteiger partial charge < -0.3 is 4.74 Å². The van der Waals surface area contributed by atoms with E-state index in [0.717, 1.165) is 12.8 Å². The SMILES string of the molecule is CC#CN(CC#CI)C(=O)OCCCC. The lowest BCUT2D eigenvalue weighted by Gasteiger charge is -2.12. The summed E-state index contributed by atoms with van der Waals surface area (Å²) in [4.78, 5) is 12.7. The number of hydrogen-bond donors (Lipinski definition) is 0. The zero-order valence-corrected chi connectivity index (χ0v) is 11.1. The quantitative estimate of drug-likeness (QED) is 0.345. The second-order valence-corrected chi connectivity index (χ2v) is 3.23. The first kappa shape index (κ1) is 14.1. The molecular formula is C11H14INO2. The van der Waals surface area contributed by atoms with Crippen LogP contribution in [0.5, 0.6) is 0 Å². The smallest absolute Gasteiger partial charge is 0.422 e. The molecule has 82 valence electrons. The summed E-state index contributed by atoms with van der Waals surface area (Å²) >= 11 is 1.92. The van der Waals surface area contributed by atoms with Crippen LogP contribution in [-0.4, -0.2) is 24.1 Å². The van der Waals surface area contributed by atoms with Crippen LogP contribution in [0, 0.1) is 21.8 Å². The summed E-state index contributed by atoms with van der Waals surface area (Å²) < 4.78 is 7.69. The van der Waals surface area contributed by atoms with Crippen molar-refractivity contribution in [1.82, 2.24) is 4.90 Å². The molecule has 0 aromatic heterocycles. The summed E-state index contributed by atoms with van der Waals surface area (Å²) in [6, 6.07) is 2.65. The maximum absolute atomic E-state index is 11.4. The summed E-state index contributed by atoms with van der Waals surface area (Å²) in [5.74, 6) is 5.42. The molecule has 0 fully saturated rings. The number of rotatable bonds is 4. The van der Waals surface area contributed by atoms with Crippen molar-refractivity contribution < 1.29 is 9.53 Å². The highest BCUT2D eigenvalue weighted by atomic mass is 127. The topological polar surface area (TPSA) is 29.5 Å². The van der Waals surface area contributed by atoms with Gasteiger partial charge in [-0.15, -0.1) is 0 Å². The number of ether oxygens (including phenoxy) is 1. The first-order valence-corrected chi connectivity index (χ1v) is 5.79. The van der Waals surface area contributed by atoms with Crippen LogP contribution in [0.1, 0.15) is 26.7 Å². The Morgan fingerprint density at radius 3 is 2.80 bits per heavy atom. The van der Waals surface area contributed by atoms with Crippen molar-refractivity contribution in [2.24, 2.45) is 0 Å². The molecule has 1 amide bonds. The van der Waals surface area contributed by atoms with Gasteiger partial charge in [0.2, 0.25) is 0 Å². The van der Waals surface area contributed by atoms with E-state index >= 15 is 0 Å². The predicted octanol–water partition coefficient (Wildman–Crippen LogP) is 2.60. The molecule has 0 bridgehead atoms. The van der Waals surface area contributed by atoms with Gasteiger partial charge in [-0.25, -0.2) is 9.69 Å². The number of halogens is 1. The number of nitrogens with zero attached hydrogens (tertiary/aromatic N) is 1. The number of hydrogen-bond acceptors (Lipinski definition) is 2. The summed E-state index contributed by atoms with van der Waals surface area (Å²) in [6.45, 7) is 4.44. The summed E-state index contributed by atoms with van der Waals surface area (Å²) in [5, 5.41) is 0. The van der Waals surface area contributed by atoms with Crippen molar-refractivity contribution in [2.45, 2.75) is 26.7 Å². The van der Waals surface area contributed by atoms with E-state index in [9.17, 15) is 4.79 Å². The zero-order valence-electron chi connectivity index (χ0n) is 8.97. The largest absolute Gasteiger partial charge is 0.449 e. The Kier molecular flexibility index (Phi) is 9.10.